The summed E-state index contributed by atoms with van der Waals surface area (Å²) in [6.45, 7) is 1.12. The van der Waals surface area contributed by atoms with Crippen molar-refractivity contribution < 1.29 is 9.59 Å². The Kier molecular flexibility index (Phi) is 8.42. The van der Waals surface area contributed by atoms with E-state index in [2.05, 4.69) is 25.8 Å². The van der Waals surface area contributed by atoms with E-state index >= 15 is 0 Å². The molecule has 0 aliphatic heterocycles. The van der Waals surface area contributed by atoms with Gasteiger partial charge in [-0.3, -0.25) is 14.3 Å². The van der Waals surface area contributed by atoms with Crippen LogP contribution >= 0.6 is 0 Å². The second-order valence-electron chi connectivity index (χ2n) is 8.39. The molecular weight excluding hydrogens is 440 g/mol. The third-order valence-electron chi connectivity index (χ3n) is 5.53. The molecule has 0 bridgehead atoms. The summed E-state index contributed by atoms with van der Waals surface area (Å²) in [5.41, 5.74) is 3.93. The van der Waals surface area contributed by atoms with Gasteiger partial charge in [-0.25, -0.2) is 0 Å². The van der Waals surface area contributed by atoms with Crippen molar-refractivity contribution in [3.63, 3.8) is 0 Å². The van der Waals surface area contributed by atoms with Crippen LogP contribution in [0.3, 0.4) is 0 Å². The normalized spacial score (nSPS) is 10.7. The Labute approximate surface area is 204 Å². The number of aryl methyl sites for hydroxylation is 2. The van der Waals surface area contributed by atoms with Crippen molar-refractivity contribution in [2.45, 2.75) is 45.2 Å². The number of Topliss-reactive ketones (excluding diaryl/α,β-unsaturated/α-hetero) is 1. The number of carbonyl (C=O) groups is 2. The van der Waals surface area contributed by atoms with Crippen LogP contribution in [0.25, 0.3) is 0 Å². The summed E-state index contributed by atoms with van der Waals surface area (Å²) in [6.07, 6.45) is 4.91. The molecule has 0 atom stereocenters. The van der Waals surface area contributed by atoms with E-state index in [4.69, 9.17) is 0 Å². The first-order valence-corrected chi connectivity index (χ1v) is 11.7. The van der Waals surface area contributed by atoms with Crippen LogP contribution in [-0.4, -0.2) is 36.9 Å². The van der Waals surface area contributed by atoms with E-state index in [0.717, 1.165) is 36.1 Å². The molecule has 35 heavy (non-hydrogen) atoms. The van der Waals surface area contributed by atoms with Crippen LogP contribution in [0.2, 0.25) is 0 Å². The second kappa shape index (κ2) is 12.3. The van der Waals surface area contributed by atoms with E-state index < -0.39 is 0 Å². The largest absolute Gasteiger partial charge is 0.347 e. The molecule has 8 heteroatoms. The summed E-state index contributed by atoms with van der Waals surface area (Å²) in [5.74, 6) is -0.114. The van der Waals surface area contributed by atoms with Gasteiger partial charge in [0.2, 0.25) is 0 Å². The maximum atomic E-state index is 12.3. The van der Waals surface area contributed by atoms with Crippen LogP contribution in [0.1, 0.15) is 45.8 Å². The average molecular weight is 469 g/mol. The van der Waals surface area contributed by atoms with Crippen molar-refractivity contribution >= 4 is 11.7 Å². The van der Waals surface area contributed by atoms with Gasteiger partial charge in [0.05, 0.1) is 24.0 Å². The number of hydrogen-bond acceptors (Lipinski definition) is 6. The highest BCUT2D eigenvalue weighted by Gasteiger charge is 2.11. The Bertz CT molecular complexity index is 1220. The molecule has 0 saturated heterocycles. The molecule has 2 heterocycles. The maximum absolute atomic E-state index is 12.3. The minimum absolute atomic E-state index is 0.124. The summed E-state index contributed by atoms with van der Waals surface area (Å²) >= 11 is 0. The molecule has 178 valence electrons. The fourth-order valence-corrected chi connectivity index (χ4v) is 3.66. The fourth-order valence-electron chi connectivity index (χ4n) is 3.66. The van der Waals surface area contributed by atoms with Gasteiger partial charge in [0, 0.05) is 19.5 Å². The van der Waals surface area contributed by atoms with Crippen molar-refractivity contribution in [2.24, 2.45) is 0 Å². The standard InChI is InChI=1S/C27H28N6O2/c34-25(17-21-9-3-1-4-10-21)18-24-15-14-23(29-30-24)13-7-8-16-33-20-26(31-32-33)27(35)28-19-22-11-5-2-6-12-22/h1-6,9-12,14-15,20H,7-8,13,16-19H2,(H,28,35). The first-order chi connectivity index (χ1) is 17.2. The molecular formula is C27H28N6O2. The SMILES string of the molecule is O=C(Cc1ccccc1)Cc1ccc(CCCCn2cc(C(=O)NCc3ccccc3)nn2)nn1. The molecule has 8 nitrogen and oxygen atoms in total. The lowest BCUT2D eigenvalue weighted by Gasteiger charge is -2.04. The van der Waals surface area contributed by atoms with Crippen LogP contribution in [0, 0.1) is 0 Å². The summed E-state index contributed by atoms with van der Waals surface area (Å²) in [7, 11) is 0. The smallest absolute Gasteiger partial charge is 0.273 e. The summed E-state index contributed by atoms with van der Waals surface area (Å²) in [5, 5.41) is 19.4. The van der Waals surface area contributed by atoms with Crippen LogP contribution in [0.15, 0.2) is 79.0 Å². The molecule has 4 rings (SSSR count). The summed E-state index contributed by atoms with van der Waals surface area (Å²) in [4.78, 5) is 24.5. The molecule has 0 saturated carbocycles. The molecule has 1 amide bonds. The van der Waals surface area contributed by atoms with E-state index in [1.165, 1.54) is 0 Å². The van der Waals surface area contributed by atoms with Gasteiger partial charge in [0.1, 0.15) is 5.78 Å². The number of nitrogens with zero attached hydrogens (tertiary/aromatic N) is 5. The topological polar surface area (TPSA) is 103 Å². The van der Waals surface area contributed by atoms with Gasteiger partial charge < -0.3 is 5.32 Å². The minimum Gasteiger partial charge on any atom is -0.347 e. The number of nitrogens with one attached hydrogen (secondary N) is 1. The molecule has 1 N–H and O–H groups in total. The Morgan fingerprint density at radius 2 is 1.43 bits per heavy atom. The number of benzene rings is 2. The van der Waals surface area contributed by atoms with Gasteiger partial charge in [0.25, 0.3) is 5.91 Å². The zero-order valence-corrected chi connectivity index (χ0v) is 19.5. The van der Waals surface area contributed by atoms with Crippen molar-refractivity contribution in [2.75, 3.05) is 0 Å². The summed E-state index contributed by atoms with van der Waals surface area (Å²) in [6, 6.07) is 23.3. The highest BCUT2D eigenvalue weighted by Crippen LogP contribution is 2.07. The van der Waals surface area contributed by atoms with Gasteiger partial charge >= 0.3 is 0 Å². The zero-order valence-electron chi connectivity index (χ0n) is 19.5. The van der Waals surface area contributed by atoms with Crippen molar-refractivity contribution in [1.29, 1.82) is 0 Å². The molecule has 0 fully saturated rings. The average Bonchev–Trinajstić information content (AvgIpc) is 3.36. The van der Waals surface area contributed by atoms with E-state index in [9.17, 15) is 9.59 Å². The Hall–Kier alpha value is -4.20. The van der Waals surface area contributed by atoms with Gasteiger partial charge in [-0.05, 0) is 42.5 Å². The predicted molar refractivity (Wildman–Crippen MR) is 131 cm³/mol. The number of unbranched alkanes of at least 4 members (excludes halogenated alkanes) is 1. The Balaban J connectivity index is 1.15. The molecule has 0 aliphatic carbocycles. The highest BCUT2D eigenvalue weighted by molar-refractivity contribution is 5.91. The van der Waals surface area contributed by atoms with Gasteiger partial charge in [-0.15, -0.1) is 5.10 Å². The third kappa shape index (κ3) is 7.67. The predicted octanol–water partition coefficient (Wildman–Crippen LogP) is 3.38. The van der Waals surface area contributed by atoms with Gasteiger partial charge in [-0.1, -0.05) is 65.9 Å². The fraction of sp³-hybridized carbons (Fsp3) is 0.259. The minimum atomic E-state index is -0.238. The lowest BCUT2D eigenvalue weighted by Crippen LogP contribution is -2.23. The number of amides is 1. The first kappa shape index (κ1) is 23.9. The molecule has 0 aliphatic rings. The first-order valence-electron chi connectivity index (χ1n) is 11.7. The van der Waals surface area contributed by atoms with Crippen LogP contribution in [0.5, 0.6) is 0 Å². The van der Waals surface area contributed by atoms with Crippen molar-refractivity contribution in [1.82, 2.24) is 30.5 Å². The van der Waals surface area contributed by atoms with Gasteiger partial charge in [-0.2, -0.15) is 10.2 Å². The lowest BCUT2D eigenvalue weighted by molar-refractivity contribution is -0.117. The van der Waals surface area contributed by atoms with Crippen LogP contribution in [0.4, 0.5) is 0 Å². The zero-order chi connectivity index (χ0) is 24.3. The molecule has 4 aromatic rings. The highest BCUT2D eigenvalue weighted by atomic mass is 16.2. The van der Waals surface area contributed by atoms with E-state index in [1.807, 2.05) is 72.8 Å². The van der Waals surface area contributed by atoms with E-state index in [-0.39, 0.29) is 18.1 Å². The monoisotopic (exact) mass is 468 g/mol. The van der Waals surface area contributed by atoms with Gasteiger partial charge in [0.15, 0.2) is 5.69 Å². The number of carbonyl (C=O) groups excluding carboxylic acids is 2. The molecule has 0 radical (unpaired) electrons. The quantitative estimate of drug-likeness (QED) is 0.320. The van der Waals surface area contributed by atoms with Crippen molar-refractivity contribution in [3.8, 4) is 0 Å². The third-order valence-corrected chi connectivity index (χ3v) is 5.53. The second-order valence-corrected chi connectivity index (χ2v) is 8.39. The summed E-state index contributed by atoms with van der Waals surface area (Å²) < 4.78 is 1.69. The van der Waals surface area contributed by atoms with E-state index in [0.29, 0.717) is 30.9 Å². The number of ketones is 1. The molecule has 2 aromatic heterocycles. The van der Waals surface area contributed by atoms with Crippen molar-refractivity contribution in [3.05, 3.63) is 107 Å². The molecule has 2 aromatic carbocycles. The number of aromatic nitrogens is 5. The maximum Gasteiger partial charge on any atom is 0.273 e. The van der Waals surface area contributed by atoms with Crippen LogP contribution < -0.4 is 5.32 Å². The lowest BCUT2D eigenvalue weighted by atomic mass is 10.1. The Morgan fingerprint density at radius 3 is 2.14 bits per heavy atom. The number of hydrogen-bond donors (Lipinski definition) is 1. The molecule has 0 spiro atoms. The Morgan fingerprint density at radius 1 is 0.743 bits per heavy atom. The van der Waals surface area contributed by atoms with E-state index in [1.54, 1.807) is 10.9 Å². The molecule has 0 unspecified atom stereocenters. The van der Waals surface area contributed by atoms with Crippen LogP contribution in [-0.2, 0) is 37.1 Å². The number of rotatable bonds is 12.